The molecule has 15 heavy (non-hydrogen) atoms. The van der Waals surface area contributed by atoms with Crippen LogP contribution in [-0.4, -0.2) is 9.55 Å². The van der Waals surface area contributed by atoms with Crippen LogP contribution < -0.4 is 0 Å². The largest absolute Gasteiger partial charge is 0.305 e. The lowest BCUT2D eigenvalue weighted by atomic mass is 10.3. The zero-order valence-corrected chi connectivity index (χ0v) is 12.4. The smallest absolute Gasteiger partial charge is 0.0995 e. The first-order valence-corrected chi connectivity index (χ1v) is 6.95. The number of hydrogen-bond acceptors (Lipinski definition) is 1. The van der Waals surface area contributed by atoms with Crippen molar-refractivity contribution < 1.29 is 0 Å². The Morgan fingerprint density at radius 3 is 2.67 bits per heavy atom. The van der Waals surface area contributed by atoms with Crippen molar-refractivity contribution in [2.75, 3.05) is 0 Å². The molecule has 0 fully saturated rings. The minimum absolute atomic E-state index is 0.772. The zero-order valence-electron chi connectivity index (χ0n) is 7.62. The Morgan fingerprint density at radius 1 is 1.27 bits per heavy atom. The van der Waals surface area contributed by atoms with Crippen molar-refractivity contribution in [1.82, 2.24) is 9.55 Å². The number of hydrogen-bond donors (Lipinski definition) is 0. The highest BCUT2D eigenvalue weighted by Crippen LogP contribution is 2.25. The van der Waals surface area contributed by atoms with E-state index in [1.165, 1.54) is 0 Å². The fourth-order valence-corrected chi connectivity index (χ4v) is 2.80. The fourth-order valence-electron chi connectivity index (χ4n) is 1.25. The van der Waals surface area contributed by atoms with E-state index in [0.29, 0.717) is 0 Å². The van der Waals surface area contributed by atoms with E-state index in [1.807, 2.05) is 35.3 Å². The Balaban J connectivity index is 2.44. The molecule has 78 valence electrons. The summed E-state index contributed by atoms with van der Waals surface area (Å²) in [6.07, 6.45) is 3.81. The number of aromatic nitrogens is 2. The van der Waals surface area contributed by atoms with Crippen LogP contribution in [0.2, 0.25) is 0 Å². The number of nitrogens with zero attached hydrogens (tertiary/aromatic N) is 2. The van der Waals surface area contributed by atoms with E-state index < -0.39 is 0 Å². The molecule has 0 bridgehead atoms. The summed E-state index contributed by atoms with van der Waals surface area (Å²) in [6, 6.07) is 6.06. The zero-order chi connectivity index (χ0) is 10.8. The summed E-state index contributed by atoms with van der Waals surface area (Å²) in [4.78, 5) is 4.26. The third-order valence-corrected chi connectivity index (χ3v) is 3.66. The predicted octanol–water partition coefficient (Wildman–Crippen LogP) is 4.29. The third kappa shape index (κ3) is 2.52. The molecule has 2 rings (SSSR count). The Morgan fingerprint density at radius 2 is 2.07 bits per heavy atom. The summed E-state index contributed by atoms with van der Waals surface area (Å²) in [5, 5.41) is 0.772. The van der Waals surface area contributed by atoms with Gasteiger partial charge in [-0.3, -0.25) is 0 Å². The lowest BCUT2D eigenvalue weighted by Crippen LogP contribution is -1.91. The van der Waals surface area contributed by atoms with Gasteiger partial charge < -0.3 is 4.57 Å². The molecule has 5 heteroatoms. The van der Waals surface area contributed by atoms with Crippen LogP contribution in [0.1, 0.15) is 5.69 Å². The van der Waals surface area contributed by atoms with Crippen LogP contribution in [0.3, 0.4) is 0 Å². The average molecular weight is 395 g/mol. The van der Waals surface area contributed by atoms with Gasteiger partial charge in [0.1, 0.15) is 0 Å². The molecule has 1 aromatic carbocycles. The minimum Gasteiger partial charge on any atom is -0.305 e. The van der Waals surface area contributed by atoms with Crippen LogP contribution >= 0.6 is 47.8 Å². The summed E-state index contributed by atoms with van der Waals surface area (Å²) in [6.45, 7) is 0. The van der Waals surface area contributed by atoms with Crippen LogP contribution in [0.5, 0.6) is 0 Å². The monoisotopic (exact) mass is 392 g/mol. The van der Waals surface area contributed by atoms with Crippen LogP contribution in [-0.2, 0) is 5.33 Å². The van der Waals surface area contributed by atoms with E-state index in [9.17, 15) is 0 Å². The van der Waals surface area contributed by atoms with Crippen LogP contribution in [0.25, 0.3) is 5.69 Å². The number of halogens is 3. The molecule has 0 aliphatic rings. The van der Waals surface area contributed by atoms with Crippen molar-refractivity contribution in [3.05, 3.63) is 45.4 Å². The van der Waals surface area contributed by atoms with E-state index in [-0.39, 0.29) is 0 Å². The quantitative estimate of drug-likeness (QED) is 0.695. The van der Waals surface area contributed by atoms with Gasteiger partial charge in [0.25, 0.3) is 0 Å². The van der Waals surface area contributed by atoms with Crippen LogP contribution in [0.15, 0.2) is 39.7 Å². The maximum atomic E-state index is 4.26. The van der Waals surface area contributed by atoms with Crippen molar-refractivity contribution in [1.29, 1.82) is 0 Å². The molecule has 0 spiro atoms. The van der Waals surface area contributed by atoms with Crippen LogP contribution in [0.4, 0.5) is 0 Å². The molecule has 2 nitrogen and oxygen atoms in total. The van der Waals surface area contributed by atoms with Crippen molar-refractivity contribution in [3.63, 3.8) is 0 Å². The average Bonchev–Trinajstić information content (AvgIpc) is 2.66. The summed E-state index contributed by atoms with van der Waals surface area (Å²) >= 11 is 10.3. The minimum atomic E-state index is 0.772. The van der Waals surface area contributed by atoms with E-state index in [2.05, 4.69) is 52.8 Å². The molecule has 0 aliphatic carbocycles. The molecule has 1 aromatic heterocycles. The van der Waals surface area contributed by atoms with Crippen molar-refractivity contribution in [3.8, 4) is 5.69 Å². The second kappa shape index (κ2) is 4.80. The standard InChI is InChI=1S/C10H7Br3N2/c11-4-8-5-15(6-14-8)10-2-1-7(12)3-9(10)13/h1-3,5-6H,4H2. The van der Waals surface area contributed by atoms with E-state index in [0.717, 1.165) is 25.7 Å². The van der Waals surface area contributed by atoms with Crippen LogP contribution in [0, 0.1) is 0 Å². The molecule has 1 heterocycles. The first-order chi connectivity index (χ1) is 7.20. The second-order valence-electron chi connectivity index (χ2n) is 3.00. The van der Waals surface area contributed by atoms with E-state index >= 15 is 0 Å². The third-order valence-electron chi connectivity index (χ3n) is 1.96. The Hall–Kier alpha value is -0.130. The highest BCUT2D eigenvalue weighted by atomic mass is 79.9. The van der Waals surface area contributed by atoms with Crippen molar-refractivity contribution in [2.45, 2.75) is 5.33 Å². The summed E-state index contributed by atoms with van der Waals surface area (Å²) in [5.74, 6) is 0. The number of alkyl halides is 1. The highest BCUT2D eigenvalue weighted by molar-refractivity contribution is 9.11. The Kier molecular flexibility index (Phi) is 3.64. The molecule has 0 amide bonds. The Bertz CT molecular complexity index is 479. The second-order valence-corrected chi connectivity index (χ2v) is 5.33. The van der Waals surface area contributed by atoms with Crippen molar-refractivity contribution in [2.24, 2.45) is 0 Å². The summed E-state index contributed by atoms with van der Waals surface area (Å²) < 4.78 is 4.09. The van der Waals surface area contributed by atoms with Gasteiger partial charge in [-0.05, 0) is 34.1 Å². The van der Waals surface area contributed by atoms with Gasteiger partial charge in [0, 0.05) is 20.5 Å². The number of benzene rings is 1. The molecular formula is C10H7Br3N2. The highest BCUT2D eigenvalue weighted by Gasteiger charge is 2.04. The molecule has 0 radical (unpaired) electrons. The first-order valence-electron chi connectivity index (χ1n) is 4.25. The molecule has 0 saturated heterocycles. The maximum absolute atomic E-state index is 4.26. The molecule has 0 saturated carbocycles. The van der Waals surface area contributed by atoms with E-state index in [4.69, 9.17) is 0 Å². The van der Waals surface area contributed by atoms with Gasteiger partial charge in [-0.2, -0.15) is 0 Å². The molecule has 0 unspecified atom stereocenters. The van der Waals surface area contributed by atoms with Gasteiger partial charge in [-0.15, -0.1) is 0 Å². The Labute approximate surface area is 113 Å². The summed E-state index contributed by atoms with van der Waals surface area (Å²) in [5.41, 5.74) is 2.10. The lowest BCUT2D eigenvalue weighted by molar-refractivity contribution is 1.05. The molecule has 0 atom stereocenters. The summed E-state index contributed by atoms with van der Waals surface area (Å²) in [7, 11) is 0. The molecule has 2 aromatic rings. The van der Waals surface area contributed by atoms with E-state index in [1.54, 1.807) is 0 Å². The van der Waals surface area contributed by atoms with Gasteiger partial charge in [0.15, 0.2) is 0 Å². The van der Waals surface area contributed by atoms with Gasteiger partial charge in [0.05, 0.1) is 17.7 Å². The number of rotatable bonds is 2. The first kappa shape index (κ1) is 11.4. The van der Waals surface area contributed by atoms with Crippen molar-refractivity contribution >= 4 is 47.8 Å². The maximum Gasteiger partial charge on any atom is 0.0995 e. The van der Waals surface area contributed by atoms with Gasteiger partial charge in [-0.1, -0.05) is 31.9 Å². The van der Waals surface area contributed by atoms with Gasteiger partial charge in [-0.25, -0.2) is 4.98 Å². The molecule has 0 aliphatic heterocycles. The molecule has 0 N–H and O–H groups in total. The topological polar surface area (TPSA) is 17.8 Å². The van der Waals surface area contributed by atoms with Gasteiger partial charge >= 0.3 is 0 Å². The lowest BCUT2D eigenvalue weighted by Gasteiger charge is -2.04. The SMILES string of the molecule is BrCc1cn(-c2ccc(Br)cc2Br)cn1. The normalized spacial score (nSPS) is 10.6. The number of imidazole rings is 1. The molecular weight excluding hydrogens is 388 g/mol. The fraction of sp³-hybridized carbons (Fsp3) is 0.100. The predicted molar refractivity (Wildman–Crippen MR) is 71.6 cm³/mol. The van der Waals surface area contributed by atoms with Gasteiger partial charge in [0.2, 0.25) is 0 Å².